The predicted molar refractivity (Wildman–Crippen MR) is 102 cm³/mol. The first-order valence-electron chi connectivity index (χ1n) is 8.48. The first-order chi connectivity index (χ1) is 11.9. The van der Waals surface area contributed by atoms with E-state index in [1.165, 1.54) is 4.57 Å². The van der Waals surface area contributed by atoms with Crippen LogP contribution in [0.5, 0.6) is 0 Å². The van der Waals surface area contributed by atoms with Crippen LogP contribution in [0.25, 0.3) is 10.9 Å². The van der Waals surface area contributed by atoms with Crippen molar-refractivity contribution in [3.8, 4) is 0 Å². The Hall–Kier alpha value is -1.99. The molecule has 0 aliphatic heterocycles. The average Bonchev–Trinajstić information content (AvgIpc) is 2.57. The quantitative estimate of drug-likeness (QED) is 0.558. The smallest absolute Gasteiger partial charge is 0.262 e. The highest BCUT2D eigenvalue weighted by Crippen LogP contribution is 2.11. The Balaban J connectivity index is 2.26. The summed E-state index contributed by atoms with van der Waals surface area (Å²) in [6.45, 7) is 5.91. The van der Waals surface area contributed by atoms with Gasteiger partial charge in [0.05, 0.1) is 10.9 Å². The third-order valence-corrected chi connectivity index (χ3v) is 4.30. The average molecular weight is 363 g/mol. The van der Waals surface area contributed by atoms with Gasteiger partial charge in [-0.2, -0.15) is 0 Å². The zero-order valence-electron chi connectivity index (χ0n) is 14.9. The van der Waals surface area contributed by atoms with Crippen LogP contribution in [-0.4, -0.2) is 35.7 Å². The molecule has 1 aromatic heterocycles. The highest BCUT2D eigenvalue weighted by molar-refractivity contribution is 7.71. The Morgan fingerprint density at radius 1 is 1.40 bits per heavy atom. The fraction of sp³-hybridized carbons (Fsp3) is 0.500. The molecule has 2 aromatic rings. The number of hydrogen-bond donors (Lipinski definition) is 2. The van der Waals surface area contributed by atoms with Crippen molar-refractivity contribution in [3.05, 3.63) is 38.9 Å². The number of ether oxygens (including phenoxy) is 1. The zero-order chi connectivity index (χ0) is 18.4. The van der Waals surface area contributed by atoms with Gasteiger partial charge in [0.15, 0.2) is 4.77 Å². The number of methoxy groups -OCH3 is 1. The van der Waals surface area contributed by atoms with E-state index in [1.54, 1.807) is 25.3 Å². The fourth-order valence-corrected chi connectivity index (χ4v) is 2.83. The monoisotopic (exact) mass is 363 g/mol. The highest BCUT2D eigenvalue weighted by Gasteiger charge is 2.10. The van der Waals surface area contributed by atoms with Gasteiger partial charge in [0.1, 0.15) is 0 Å². The Bertz CT molecular complexity index is 855. The number of fused-ring (bicyclic) bond motifs is 1. The molecule has 0 radical (unpaired) electrons. The number of carbonyl (C=O) groups excluding carboxylic acids is 1. The van der Waals surface area contributed by atoms with E-state index in [4.69, 9.17) is 17.0 Å². The third kappa shape index (κ3) is 4.99. The van der Waals surface area contributed by atoms with Crippen molar-refractivity contribution in [2.75, 3.05) is 20.3 Å². The minimum absolute atomic E-state index is 0.147. The first-order valence-corrected chi connectivity index (χ1v) is 8.89. The number of nitrogens with one attached hydrogen (secondary N) is 2. The summed E-state index contributed by atoms with van der Waals surface area (Å²) in [7, 11) is 1.62. The SMILES string of the molecule is COCCCn1c(=S)[nH]c2cc(C(=O)NCCC(C)C)ccc2c1=O. The Labute approximate surface area is 152 Å². The summed E-state index contributed by atoms with van der Waals surface area (Å²) >= 11 is 5.29. The van der Waals surface area contributed by atoms with Crippen LogP contribution in [0.15, 0.2) is 23.0 Å². The third-order valence-electron chi connectivity index (χ3n) is 3.98. The van der Waals surface area contributed by atoms with Crippen LogP contribution in [0, 0.1) is 10.7 Å². The van der Waals surface area contributed by atoms with Gasteiger partial charge in [-0.05, 0) is 49.2 Å². The summed E-state index contributed by atoms with van der Waals surface area (Å²) in [6, 6.07) is 5.02. The van der Waals surface area contributed by atoms with Crippen molar-refractivity contribution in [1.29, 1.82) is 0 Å². The lowest BCUT2D eigenvalue weighted by molar-refractivity contribution is 0.0952. The normalized spacial score (nSPS) is 11.2. The van der Waals surface area contributed by atoms with Crippen LogP contribution in [-0.2, 0) is 11.3 Å². The van der Waals surface area contributed by atoms with Gasteiger partial charge in [-0.1, -0.05) is 13.8 Å². The molecule has 136 valence electrons. The van der Waals surface area contributed by atoms with Crippen LogP contribution in [0.4, 0.5) is 0 Å². The van der Waals surface area contributed by atoms with E-state index in [-0.39, 0.29) is 11.5 Å². The maximum atomic E-state index is 12.6. The second kappa shape index (κ2) is 8.92. The van der Waals surface area contributed by atoms with Gasteiger partial charge in [-0.15, -0.1) is 0 Å². The summed E-state index contributed by atoms with van der Waals surface area (Å²) in [5.41, 5.74) is 0.939. The van der Waals surface area contributed by atoms with Crippen molar-refractivity contribution in [3.63, 3.8) is 0 Å². The Morgan fingerprint density at radius 2 is 2.16 bits per heavy atom. The number of benzene rings is 1. The van der Waals surface area contributed by atoms with Crippen LogP contribution in [0.1, 0.15) is 37.0 Å². The molecular formula is C18H25N3O3S. The molecule has 2 rings (SSSR count). The van der Waals surface area contributed by atoms with Gasteiger partial charge in [0.25, 0.3) is 11.5 Å². The summed E-state index contributed by atoms with van der Waals surface area (Å²) in [4.78, 5) is 27.9. The molecule has 2 N–H and O–H groups in total. The molecule has 0 aliphatic rings. The molecule has 7 heteroatoms. The number of aromatic amines is 1. The first kappa shape index (κ1) is 19.3. The molecule has 0 atom stereocenters. The second-order valence-electron chi connectivity index (χ2n) is 6.43. The van der Waals surface area contributed by atoms with Crippen molar-refractivity contribution < 1.29 is 9.53 Å². The lowest BCUT2D eigenvalue weighted by atomic mass is 10.1. The standard InChI is InChI=1S/C18H25N3O3S/c1-12(2)7-8-19-16(22)13-5-6-14-15(11-13)20-18(25)21(17(14)23)9-4-10-24-3/h5-6,11-12H,4,7-10H2,1-3H3,(H,19,22)(H,20,25). The second-order valence-corrected chi connectivity index (χ2v) is 6.82. The number of amides is 1. The molecule has 1 aromatic carbocycles. The topological polar surface area (TPSA) is 76.1 Å². The van der Waals surface area contributed by atoms with E-state index in [0.29, 0.717) is 53.3 Å². The van der Waals surface area contributed by atoms with Crippen molar-refractivity contribution in [1.82, 2.24) is 14.9 Å². The van der Waals surface area contributed by atoms with E-state index in [9.17, 15) is 9.59 Å². The number of hydrogen-bond acceptors (Lipinski definition) is 4. The van der Waals surface area contributed by atoms with Crippen LogP contribution < -0.4 is 10.9 Å². The zero-order valence-corrected chi connectivity index (χ0v) is 15.7. The minimum Gasteiger partial charge on any atom is -0.385 e. The van der Waals surface area contributed by atoms with Gasteiger partial charge >= 0.3 is 0 Å². The van der Waals surface area contributed by atoms with Gasteiger partial charge in [-0.3, -0.25) is 14.2 Å². The van der Waals surface area contributed by atoms with Gasteiger partial charge in [0, 0.05) is 32.4 Å². The molecule has 1 amide bonds. The van der Waals surface area contributed by atoms with Crippen LogP contribution in [0.3, 0.4) is 0 Å². The van der Waals surface area contributed by atoms with E-state index in [2.05, 4.69) is 24.1 Å². The van der Waals surface area contributed by atoms with Crippen molar-refractivity contribution >= 4 is 29.0 Å². The lowest BCUT2D eigenvalue weighted by Crippen LogP contribution is -2.26. The number of aromatic nitrogens is 2. The van der Waals surface area contributed by atoms with Crippen molar-refractivity contribution in [2.45, 2.75) is 33.2 Å². The molecule has 0 spiro atoms. The number of nitrogens with zero attached hydrogens (tertiary/aromatic N) is 1. The summed E-state index contributed by atoms with van der Waals surface area (Å²) in [5, 5.41) is 3.41. The molecule has 0 fully saturated rings. The molecule has 0 aliphatic carbocycles. The molecule has 0 bridgehead atoms. The maximum absolute atomic E-state index is 12.6. The van der Waals surface area contributed by atoms with E-state index in [0.717, 1.165) is 6.42 Å². The molecule has 0 saturated carbocycles. The van der Waals surface area contributed by atoms with E-state index < -0.39 is 0 Å². The molecule has 0 saturated heterocycles. The van der Waals surface area contributed by atoms with Gasteiger partial charge in [0.2, 0.25) is 0 Å². The molecule has 1 heterocycles. The van der Waals surface area contributed by atoms with E-state index >= 15 is 0 Å². The van der Waals surface area contributed by atoms with Crippen LogP contribution >= 0.6 is 12.2 Å². The summed E-state index contributed by atoms with van der Waals surface area (Å²) in [6.07, 6.45) is 1.63. The highest BCUT2D eigenvalue weighted by atomic mass is 32.1. The minimum atomic E-state index is -0.151. The lowest BCUT2D eigenvalue weighted by Gasteiger charge is -2.10. The molecule has 25 heavy (non-hydrogen) atoms. The number of H-pyrrole nitrogens is 1. The molecule has 6 nitrogen and oxygen atoms in total. The maximum Gasteiger partial charge on any atom is 0.262 e. The Kier molecular flexibility index (Phi) is 6.90. The fourth-order valence-electron chi connectivity index (χ4n) is 2.54. The summed E-state index contributed by atoms with van der Waals surface area (Å²) in [5.74, 6) is 0.385. The summed E-state index contributed by atoms with van der Waals surface area (Å²) < 4.78 is 6.90. The van der Waals surface area contributed by atoms with Gasteiger partial charge in [-0.25, -0.2) is 0 Å². The van der Waals surface area contributed by atoms with E-state index in [1.807, 2.05) is 0 Å². The number of rotatable bonds is 8. The van der Waals surface area contributed by atoms with Crippen LogP contribution in [0.2, 0.25) is 0 Å². The molecular weight excluding hydrogens is 338 g/mol. The van der Waals surface area contributed by atoms with Crippen molar-refractivity contribution in [2.24, 2.45) is 5.92 Å². The Morgan fingerprint density at radius 3 is 2.84 bits per heavy atom. The largest absolute Gasteiger partial charge is 0.385 e. The van der Waals surface area contributed by atoms with Gasteiger partial charge < -0.3 is 15.0 Å². The molecule has 0 unspecified atom stereocenters. The number of carbonyl (C=O) groups is 1. The predicted octanol–water partition coefficient (Wildman–Crippen LogP) is 2.87.